The van der Waals surface area contributed by atoms with Crippen LogP contribution in [-0.2, 0) is 9.59 Å². The van der Waals surface area contributed by atoms with Crippen LogP contribution in [0.15, 0.2) is 18.2 Å². The number of carboxylic acids is 1. The molecule has 2 unspecified atom stereocenters. The molecule has 2 N–H and O–H groups in total. The van der Waals surface area contributed by atoms with Gasteiger partial charge in [-0.2, -0.15) is 0 Å². The predicted octanol–water partition coefficient (Wildman–Crippen LogP) is 2.96. The normalized spacial score (nSPS) is 23.3. The van der Waals surface area contributed by atoms with Crippen molar-refractivity contribution in [1.82, 2.24) is 5.32 Å². The third kappa shape index (κ3) is 2.60. The highest BCUT2D eigenvalue weighted by Crippen LogP contribution is 2.62. The van der Waals surface area contributed by atoms with E-state index >= 15 is 0 Å². The number of hydrogen-bond donors (Lipinski definition) is 2. The number of amides is 1. The van der Waals surface area contributed by atoms with Gasteiger partial charge in [-0.05, 0) is 48.8 Å². The molecule has 1 aromatic rings. The molecule has 4 nitrogen and oxygen atoms in total. The number of hydrogen-bond acceptors (Lipinski definition) is 2. The topological polar surface area (TPSA) is 66.4 Å². The summed E-state index contributed by atoms with van der Waals surface area (Å²) in [6, 6.07) is 3.01. The van der Waals surface area contributed by atoms with Gasteiger partial charge in [-0.1, -0.05) is 25.0 Å². The first-order valence-electron chi connectivity index (χ1n) is 7.72. The second kappa shape index (κ2) is 5.38. The van der Waals surface area contributed by atoms with E-state index in [0.29, 0.717) is 11.1 Å². The van der Waals surface area contributed by atoms with E-state index in [1.165, 1.54) is 18.2 Å². The zero-order valence-electron chi connectivity index (χ0n) is 12.6. The van der Waals surface area contributed by atoms with E-state index in [0.717, 1.165) is 32.1 Å². The zero-order valence-corrected chi connectivity index (χ0v) is 12.6. The number of carbonyl (C=O) groups excluding carboxylic acids is 1. The number of benzene rings is 1. The fourth-order valence-electron chi connectivity index (χ4n) is 3.73. The molecule has 0 radical (unpaired) electrons. The van der Waals surface area contributed by atoms with Crippen LogP contribution in [0.1, 0.15) is 49.3 Å². The molecular formula is C17H20FNO3. The lowest BCUT2D eigenvalue weighted by Gasteiger charge is -2.17. The van der Waals surface area contributed by atoms with Crippen LogP contribution >= 0.6 is 0 Å². The van der Waals surface area contributed by atoms with E-state index in [4.69, 9.17) is 0 Å². The molecule has 2 fully saturated rings. The summed E-state index contributed by atoms with van der Waals surface area (Å²) in [4.78, 5) is 23.8. The first kappa shape index (κ1) is 15.0. The third-order valence-electron chi connectivity index (χ3n) is 5.15. The SMILES string of the molecule is Cc1cc(C(NC(=O)C2CC23CCCC3)C(=O)O)ccc1F. The lowest BCUT2D eigenvalue weighted by molar-refractivity contribution is -0.142. The number of carbonyl (C=O) groups is 2. The molecule has 22 heavy (non-hydrogen) atoms. The number of aliphatic carboxylic acids is 1. The molecule has 2 atom stereocenters. The maximum Gasteiger partial charge on any atom is 0.330 e. The molecule has 0 aliphatic heterocycles. The minimum atomic E-state index is -1.12. The van der Waals surface area contributed by atoms with Crippen LogP contribution in [-0.4, -0.2) is 17.0 Å². The smallest absolute Gasteiger partial charge is 0.330 e. The van der Waals surface area contributed by atoms with Crippen LogP contribution in [0.25, 0.3) is 0 Å². The van der Waals surface area contributed by atoms with Crippen LogP contribution in [0.5, 0.6) is 0 Å². The van der Waals surface area contributed by atoms with Crippen LogP contribution in [0.2, 0.25) is 0 Å². The van der Waals surface area contributed by atoms with Crippen molar-refractivity contribution in [2.45, 2.75) is 45.1 Å². The summed E-state index contributed by atoms with van der Waals surface area (Å²) in [5, 5.41) is 12.0. The molecule has 3 rings (SSSR count). The van der Waals surface area contributed by atoms with Crippen molar-refractivity contribution in [1.29, 1.82) is 0 Å². The van der Waals surface area contributed by atoms with Gasteiger partial charge in [0, 0.05) is 5.92 Å². The Hall–Kier alpha value is -1.91. The quantitative estimate of drug-likeness (QED) is 0.898. The lowest BCUT2D eigenvalue weighted by atomic mass is 10.0. The standard InChI is InChI=1S/C17H20FNO3/c1-10-8-11(4-5-13(10)18)14(16(21)22)19-15(20)12-9-17(12)6-2-3-7-17/h4-5,8,12,14H,2-3,6-7,9H2,1H3,(H,19,20)(H,21,22). The third-order valence-corrected chi connectivity index (χ3v) is 5.15. The maximum absolute atomic E-state index is 13.3. The Kier molecular flexibility index (Phi) is 3.67. The highest BCUT2D eigenvalue weighted by Gasteiger charge is 2.58. The van der Waals surface area contributed by atoms with E-state index in [-0.39, 0.29) is 23.1 Å². The van der Waals surface area contributed by atoms with E-state index in [2.05, 4.69) is 5.32 Å². The van der Waals surface area contributed by atoms with Crippen molar-refractivity contribution >= 4 is 11.9 Å². The minimum absolute atomic E-state index is 0.0570. The van der Waals surface area contributed by atoms with Gasteiger partial charge in [-0.15, -0.1) is 0 Å². The minimum Gasteiger partial charge on any atom is -0.479 e. The number of carboxylic acid groups (broad SMARTS) is 1. The molecule has 1 aromatic carbocycles. The van der Waals surface area contributed by atoms with E-state index in [1.807, 2.05) is 0 Å². The van der Waals surface area contributed by atoms with Crippen molar-refractivity contribution in [3.05, 3.63) is 35.1 Å². The molecule has 1 spiro atoms. The van der Waals surface area contributed by atoms with Crippen LogP contribution in [0, 0.1) is 24.1 Å². The first-order chi connectivity index (χ1) is 10.4. The van der Waals surface area contributed by atoms with Crippen LogP contribution in [0.4, 0.5) is 4.39 Å². The molecular weight excluding hydrogens is 285 g/mol. The number of aryl methyl sites for hydroxylation is 1. The molecule has 0 heterocycles. The van der Waals surface area contributed by atoms with Crippen molar-refractivity contribution in [3.63, 3.8) is 0 Å². The summed E-state index contributed by atoms with van der Waals surface area (Å²) >= 11 is 0. The lowest BCUT2D eigenvalue weighted by Crippen LogP contribution is -2.35. The molecule has 0 bridgehead atoms. The van der Waals surface area contributed by atoms with E-state index in [9.17, 15) is 19.1 Å². The highest BCUT2D eigenvalue weighted by atomic mass is 19.1. The van der Waals surface area contributed by atoms with Gasteiger partial charge in [0.05, 0.1) is 0 Å². The summed E-state index contributed by atoms with van der Waals surface area (Å²) in [5.74, 6) is -1.75. The van der Waals surface area contributed by atoms with Gasteiger partial charge in [0.2, 0.25) is 5.91 Å². The van der Waals surface area contributed by atoms with Crippen molar-refractivity contribution < 1.29 is 19.1 Å². The fraction of sp³-hybridized carbons (Fsp3) is 0.529. The summed E-state index contributed by atoms with van der Waals surface area (Å²) in [6.45, 7) is 1.58. The largest absolute Gasteiger partial charge is 0.479 e. The van der Waals surface area contributed by atoms with Crippen molar-refractivity contribution in [3.8, 4) is 0 Å². The maximum atomic E-state index is 13.3. The molecule has 0 aromatic heterocycles. The van der Waals surface area contributed by atoms with E-state index in [1.54, 1.807) is 6.92 Å². The Morgan fingerprint density at radius 2 is 2.05 bits per heavy atom. The summed E-state index contributed by atoms with van der Waals surface area (Å²) < 4.78 is 13.3. The molecule has 2 saturated carbocycles. The average Bonchev–Trinajstić information content (AvgIpc) is 2.96. The van der Waals surface area contributed by atoms with Gasteiger partial charge in [-0.3, -0.25) is 4.79 Å². The second-order valence-electron chi connectivity index (χ2n) is 6.61. The van der Waals surface area contributed by atoms with Gasteiger partial charge in [-0.25, -0.2) is 9.18 Å². The Bertz CT molecular complexity index is 622. The predicted molar refractivity (Wildman–Crippen MR) is 78.7 cm³/mol. The van der Waals surface area contributed by atoms with E-state index < -0.39 is 12.0 Å². The van der Waals surface area contributed by atoms with Gasteiger partial charge in [0.25, 0.3) is 0 Å². The second-order valence-corrected chi connectivity index (χ2v) is 6.61. The monoisotopic (exact) mass is 305 g/mol. The first-order valence-corrected chi connectivity index (χ1v) is 7.72. The Labute approximate surface area is 128 Å². The Morgan fingerprint density at radius 1 is 1.36 bits per heavy atom. The molecule has 0 saturated heterocycles. The van der Waals surface area contributed by atoms with Crippen molar-refractivity contribution in [2.24, 2.45) is 11.3 Å². The molecule has 118 valence electrons. The molecule has 1 amide bonds. The zero-order chi connectivity index (χ0) is 15.9. The molecule has 2 aliphatic carbocycles. The van der Waals surface area contributed by atoms with Crippen LogP contribution in [0.3, 0.4) is 0 Å². The van der Waals surface area contributed by atoms with Gasteiger partial charge in [0.1, 0.15) is 5.82 Å². The van der Waals surface area contributed by atoms with Crippen molar-refractivity contribution in [2.75, 3.05) is 0 Å². The summed E-state index contributed by atoms with van der Waals surface area (Å²) in [5.41, 5.74) is 0.906. The number of nitrogens with one attached hydrogen (secondary N) is 1. The Morgan fingerprint density at radius 3 is 2.64 bits per heavy atom. The van der Waals surface area contributed by atoms with Crippen LogP contribution < -0.4 is 5.32 Å². The number of rotatable bonds is 4. The number of halogens is 1. The summed E-state index contributed by atoms with van der Waals surface area (Å²) in [7, 11) is 0. The average molecular weight is 305 g/mol. The molecule has 5 heteroatoms. The summed E-state index contributed by atoms with van der Waals surface area (Å²) in [6.07, 6.45) is 5.32. The van der Waals surface area contributed by atoms with Gasteiger partial charge in [0.15, 0.2) is 6.04 Å². The van der Waals surface area contributed by atoms with Gasteiger partial charge < -0.3 is 10.4 Å². The molecule has 2 aliphatic rings. The Balaban J connectivity index is 1.73. The van der Waals surface area contributed by atoms with Gasteiger partial charge >= 0.3 is 5.97 Å². The highest BCUT2D eigenvalue weighted by molar-refractivity contribution is 5.88. The fourth-order valence-corrected chi connectivity index (χ4v) is 3.73.